The highest BCUT2D eigenvalue weighted by Gasteiger charge is 2.15. The van der Waals surface area contributed by atoms with Crippen molar-refractivity contribution in [2.24, 2.45) is 5.92 Å². The zero-order chi connectivity index (χ0) is 18.4. The van der Waals surface area contributed by atoms with E-state index in [4.69, 9.17) is 5.26 Å². The molecule has 0 aliphatic heterocycles. The zero-order valence-electron chi connectivity index (χ0n) is 14.0. The number of rotatable bonds is 6. The quantitative estimate of drug-likeness (QED) is 0.830. The molecule has 6 nitrogen and oxygen atoms in total. The second-order valence-electron chi connectivity index (χ2n) is 5.92. The Hall–Kier alpha value is -2.69. The van der Waals surface area contributed by atoms with Crippen LogP contribution in [-0.4, -0.2) is 20.9 Å². The number of benzene rings is 2. The molecule has 0 aliphatic rings. The maximum atomic E-state index is 12.2. The van der Waals surface area contributed by atoms with E-state index in [1.165, 1.54) is 24.3 Å². The molecule has 0 spiro atoms. The highest BCUT2D eigenvalue weighted by molar-refractivity contribution is 7.89. The minimum atomic E-state index is -3.58. The summed E-state index contributed by atoms with van der Waals surface area (Å²) in [5.41, 5.74) is 1.26. The van der Waals surface area contributed by atoms with Gasteiger partial charge in [0.25, 0.3) is 5.91 Å². The molecule has 0 radical (unpaired) electrons. The van der Waals surface area contributed by atoms with Gasteiger partial charge in [0.15, 0.2) is 0 Å². The van der Waals surface area contributed by atoms with Crippen LogP contribution in [0.25, 0.3) is 0 Å². The van der Waals surface area contributed by atoms with Crippen molar-refractivity contribution in [1.82, 2.24) is 4.72 Å². The molecule has 2 N–H and O–H groups in total. The summed E-state index contributed by atoms with van der Waals surface area (Å²) in [5, 5.41) is 11.5. The highest BCUT2D eigenvalue weighted by atomic mass is 32.2. The topological polar surface area (TPSA) is 99.1 Å². The minimum absolute atomic E-state index is 0.108. The number of hydrogen-bond acceptors (Lipinski definition) is 4. The fourth-order valence-electron chi connectivity index (χ4n) is 2.01. The lowest BCUT2D eigenvalue weighted by molar-refractivity contribution is 0.102. The van der Waals surface area contributed by atoms with Crippen molar-refractivity contribution in [2.75, 3.05) is 11.9 Å². The Bertz CT molecular complexity index is 898. The van der Waals surface area contributed by atoms with Crippen molar-refractivity contribution in [1.29, 1.82) is 5.26 Å². The molecule has 2 aromatic carbocycles. The summed E-state index contributed by atoms with van der Waals surface area (Å²) in [7, 11) is -3.58. The average Bonchev–Trinajstić information content (AvgIpc) is 2.60. The lowest BCUT2D eigenvalue weighted by Gasteiger charge is -2.10. The fraction of sp³-hybridized carbons (Fsp3) is 0.222. The largest absolute Gasteiger partial charge is 0.322 e. The molecule has 0 bridgehead atoms. The van der Waals surface area contributed by atoms with Gasteiger partial charge in [0.05, 0.1) is 16.5 Å². The van der Waals surface area contributed by atoms with E-state index in [1.807, 2.05) is 19.9 Å². The van der Waals surface area contributed by atoms with E-state index in [-0.39, 0.29) is 16.7 Å². The van der Waals surface area contributed by atoms with Gasteiger partial charge in [-0.1, -0.05) is 19.9 Å². The van der Waals surface area contributed by atoms with Crippen molar-refractivity contribution >= 4 is 21.6 Å². The van der Waals surface area contributed by atoms with E-state index in [0.29, 0.717) is 23.4 Å². The van der Waals surface area contributed by atoms with Crippen LogP contribution in [0, 0.1) is 17.2 Å². The molecule has 2 aromatic rings. The first kappa shape index (κ1) is 18.6. The van der Waals surface area contributed by atoms with Gasteiger partial charge in [0.1, 0.15) is 0 Å². The Kier molecular flexibility index (Phi) is 5.91. The monoisotopic (exact) mass is 357 g/mol. The maximum absolute atomic E-state index is 12.2. The summed E-state index contributed by atoms with van der Waals surface area (Å²) in [4.78, 5) is 12.3. The second-order valence-corrected chi connectivity index (χ2v) is 7.68. The highest BCUT2D eigenvalue weighted by Crippen LogP contribution is 2.14. The van der Waals surface area contributed by atoms with Gasteiger partial charge in [-0.15, -0.1) is 0 Å². The van der Waals surface area contributed by atoms with E-state index in [0.717, 1.165) is 0 Å². The molecule has 7 heteroatoms. The van der Waals surface area contributed by atoms with Crippen LogP contribution in [0.1, 0.15) is 29.8 Å². The summed E-state index contributed by atoms with van der Waals surface area (Å²) in [5.74, 6) is -0.182. The molecule has 1 amide bonds. The van der Waals surface area contributed by atoms with Gasteiger partial charge >= 0.3 is 0 Å². The van der Waals surface area contributed by atoms with Crippen LogP contribution in [0.4, 0.5) is 5.69 Å². The van der Waals surface area contributed by atoms with E-state index in [1.54, 1.807) is 24.3 Å². The number of nitrogens with zero attached hydrogens (tertiary/aromatic N) is 1. The number of nitriles is 1. The number of nitrogens with one attached hydrogen (secondary N) is 2. The SMILES string of the molecule is CC(C)CNS(=O)(=O)c1ccc(C(=O)Nc2cccc(C#N)c2)cc1. The minimum Gasteiger partial charge on any atom is -0.322 e. The molecule has 0 fully saturated rings. The maximum Gasteiger partial charge on any atom is 0.255 e. The van der Waals surface area contributed by atoms with Crippen molar-refractivity contribution in [3.8, 4) is 6.07 Å². The van der Waals surface area contributed by atoms with Gasteiger partial charge in [0.2, 0.25) is 10.0 Å². The number of amides is 1. The molecule has 0 saturated carbocycles. The predicted molar refractivity (Wildman–Crippen MR) is 95.6 cm³/mol. The summed E-state index contributed by atoms with van der Waals surface area (Å²) >= 11 is 0. The number of carbonyl (C=O) groups is 1. The smallest absolute Gasteiger partial charge is 0.255 e. The molecule has 0 aliphatic carbocycles. The van der Waals surface area contributed by atoms with Crippen LogP contribution >= 0.6 is 0 Å². The Balaban J connectivity index is 2.11. The predicted octanol–water partition coefficient (Wildman–Crippen LogP) is 2.74. The van der Waals surface area contributed by atoms with E-state index in [9.17, 15) is 13.2 Å². The van der Waals surface area contributed by atoms with Gasteiger partial charge in [-0.2, -0.15) is 5.26 Å². The number of hydrogen-bond donors (Lipinski definition) is 2. The molecular weight excluding hydrogens is 338 g/mol. The van der Waals surface area contributed by atoms with E-state index < -0.39 is 10.0 Å². The first-order chi connectivity index (χ1) is 11.8. The lowest BCUT2D eigenvalue weighted by atomic mass is 10.2. The summed E-state index contributed by atoms with van der Waals surface area (Å²) in [6.45, 7) is 4.17. The van der Waals surface area contributed by atoms with Crippen LogP contribution in [0.15, 0.2) is 53.4 Å². The van der Waals surface area contributed by atoms with Gasteiger partial charge < -0.3 is 5.32 Å². The Morgan fingerprint density at radius 3 is 2.44 bits per heavy atom. The summed E-state index contributed by atoms with van der Waals surface area (Å²) in [6, 6.07) is 14.2. The first-order valence-electron chi connectivity index (χ1n) is 7.73. The molecule has 0 aromatic heterocycles. The first-order valence-corrected chi connectivity index (χ1v) is 9.21. The van der Waals surface area contributed by atoms with Gasteiger partial charge in [-0.05, 0) is 48.4 Å². The number of anilines is 1. The normalized spacial score (nSPS) is 11.1. The van der Waals surface area contributed by atoms with Gasteiger partial charge in [-0.3, -0.25) is 4.79 Å². The van der Waals surface area contributed by atoms with E-state index in [2.05, 4.69) is 10.0 Å². The lowest BCUT2D eigenvalue weighted by Crippen LogP contribution is -2.27. The average molecular weight is 357 g/mol. The molecule has 0 atom stereocenters. The van der Waals surface area contributed by atoms with Crippen LogP contribution in [0.5, 0.6) is 0 Å². The molecular formula is C18H19N3O3S. The Morgan fingerprint density at radius 2 is 1.84 bits per heavy atom. The van der Waals surface area contributed by atoms with Crippen molar-refractivity contribution in [3.05, 3.63) is 59.7 Å². The molecule has 25 heavy (non-hydrogen) atoms. The van der Waals surface area contributed by atoms with Crippen molar-refractivity contribution < 1.29 is 13.2 Å². The molecule has 0 saturated heterocycles. The van der Waals surface area contributed by atoms with Crippen LogP contribution < -0.4 is 10.0 Å². The summed E-state index contributed by atoms with van der Waals surface area (Å²) < 4.78 is 26.8. The molecule has 0 heterocycles. The molecule has 2 rings (SSSR count). The standard InChI is InChI=1S/C18H19N3O3S/c1-13(2)12-20-25(23,24)17-8-6-15(7-9-17)18(22)21-16-5-3-4-14(10-16)11-19/h3-10,13,20H,12H2,1-2H3,(H,21,22). The second kappa shape index (κ2) is 7.92. The van der Waals surface area contributed by atoms with Crippen molar-refractivity contribution in [3.63, 3.8) is 0 Å². The van der Waals surface area contributed by atoms with Gasteiger partial charge in [-0.25, -0.2) is 13.1 Å². The zero-order valence-corrected chi connectivity index (χ0v) is 14.8. The van der Waals surface area contributed by atoms with Crippen LogP contribution in [-0.2, 0) is 10.0 Å². The Morgan fingerprint density at radius 1 is 1.16 bits per heavy atom. The third-order valence-corrected chi connectivity index (χ3v) is 4.80. The molecule has 130 valence electrons. The number of sulfonamides is 1. The molecule has 0 unspecified atom stereocenters. The number of carbonyl (C=O) groups excluding carboxylic acids is 1. The van der Waals surface area contributed by atoms with Gasteiger partial charge in [0, 0.05) is 17.8 Å². The van der Waals surface area contributed by atoms with E-state index >= 15 is 0 Å². The van der Waals surface area contributed by atoms with Crippen molar-refractivity contribution in [2.45, 2.75) is 18.7 Å². The summed E-state index contributed by atoms with van der Waals surface area (Å²) in [6.07, 6.45) is 0. The fourth-order valence-corrected chi connectivity index (χ4v) is 3.23. The van der Waals surface area contributed by atoms with Crippen LogP contribution in [0.2, 0.25) is 0 Å². The third-order valence-electron chi connectivity index (χ3n) is 3.36. The Labute approximate surface area is 147 Å². The van der Waals surface area contributed by atoms with Crippen LogP contribution in [0.3, 0.4) is 0 Å². The third kappa shape index (κ3) is 5.14.